The highest BCUT2D eigenvalue weighted by atomic mass is 32.2. The lowest BCUT2D eigenvalue weighted by atomic mass is 10.00. The zero-order chi connectivity index (χ0) is 15.5. The van der Waals surface area contributed by atoms with Crippen LogP contribution in [0.4, 0.5) is 0 Å². The van der Waals surface area contributed by atoms with E-state index in [1.165, 1.54) is 0 Å². The summed E-state index contributed by atoms with van der Waals surface area (Å²) >= 11 is 1.60. The van der Waals surface area contributed by atoms with Crippen LogP contribution >= 0.6 is 11.8 Å². The molecule has 1 aliphatic rings. The molecule has 0 aromatic carbocycles. The smallest absolute Gasteiger partial charge is 0.226 e. The normalized spacial score (nSPS) is 18.7. The van der Waals surface area contributed by atoms with Crippen LogP contribution in [0.2, 0.25) is 0 Å². The van der Waals surface area contributed by atoms with Crippen LogP contribution in [-0.2, 0) is 11.8 Å². The number of pyridine rings is 1. The van der Waals surface area contributed by atoms with Crippen molar-refractivity contribution in [3.63, 3.8) is 0 Å². The summed E-state index contributed by atoms with van der Waals surface area (Å²) in [5.74, 6) is 1.88. The molecule has 3 rings (SSSR count). The molecule has 2 aromatic heterocycles. The standard InChI is InChI=1S/C15H19N5OS/c1-19-8-4-6-12(14(19)21)10-22-15-18-17-13(20(15)2)11-5-3-7-16-9-11/h3,5,7,9,12H,4,6,8,10H2,1-2H3. The Morgan fingerprint density at radius 1 is 1.36 bits per heavy atom. The second-order valence-corrected chi connectivity index (χ2v) is 6.50. The second kappa shape index (κ2) is 6.48. The third kappa shape index (κ3) is 2.99. The Morgan fingerprint density at radius 3 is 3.00 bits per heavy atom. The molecular weight excluding hydrogens is 298 g/mol. The van der Waals surface area contributed by atoms with E-state index in [1.54, 1.807) is 24.2 Å². The van der Waals surface area contributed by atoms with Gasteiger partial charge in [-0.05, 0) is 25.0 Å². The molecule has 3 heterocycles. The summed E-state index contributed by atoms with van der Waals surface area (Å²) in [6.07, 6.45) is 5.55. The highest BCUT2D eigenvalue weighted by Crippen LogP contribution is 2.27. The Balaban J connectivity index is 1.69. The molecule has 0 radical (unpaired) electrons. The van der Waals surface area contributed by atoms with E-state index in [9.17, 15) is 4.79 Å². The van der Waals surface area contributed by atoms with Gasteiger partial charge in [0.1, 0.15) is 0 Å². The van der Waals surface area contributed by atoms with Crippen LogP contribution in [0.3, 0.4) is 0 Å². The Labute approximate surface area is 133 Å². The molecule has 2 aromatic rings. The summed E-state index contributed by atoms with van der Waals surface area (Å²) in [5.41, 5.74) is 0.942. The van der Waals surface area contributed by atoms with E-state index >= 15 is 0 Å². The first-order valence-electron chi connectivity index (χ1n) is 7.34. The van der Waals surface area contributed by atoms with Crippen LogP contribution in [0.25, 0.3) is 11.4 Å². The Morgan fingerprint density at radius 2 is 2.23 bits per heavy atom. The first kappa shape index (κ1) is 15.0. The fraction of sp³-hybridized carbons (Fsp3) is 0.467. The van der Waals surface area contributed by atoms with Gasteiger partial charge >= 0.3 is 0 Å². The van der Waals surface area contributed by atoms with Gasteiger partial charge < -0.3 is 9.47 Å². The summed E-state index contributed by atoms with van der Waals surface area (Å²) < 4.78 is 1.96. The summed E-state index contributed by atoms with van der Waals surface area (Å²) in [6.45, 7) is 0.870. The van der Waals surface area contributed by atoms with Crippen LogP contribution in [-0.4, -0.2) is 49.9 Å². The maximum absolute atomic E-state index is 12.1. The molecule has 1 unspecified atom stereocenters. The van der Waals surface area contributed by atoms with Gasteiger partial charge in [0.15, 0.2) is 11.0 Å². The molecule has 1 amide bonds. The molecule has 0 bridgehead atoms. The van der Waals surface area contributed by atoms with E-state index in [1.807, 2.05) is 35.7 Å². The van der Waals surface area contributed by atoms with Crippen LogP contribution in [0.5, 0.6) is 0 Å². The number of rotatable bonds is 4. The molecule has 116 valence electrons. The average Bonchev–Trinajstić information content (AvgIpc) is 2.91. The number of nitrogens with zero attached hydrogens (tertiary/aromatic N) is 5. The quantitative estimate of drug-likeness (QED) is 0.805. The van der Waals surface area contributed by atoms with Crippen molar-refractivity contribution < 1.29 is 4.79 Å². The Bertz CT molecular complexity index is 657. The molecule has 1 saturated heterocycles. The molecule has 22 heavy (non-hydrogen) atoms. The lowest BCUT2D eigenvalue weighted by Gasteiger charge is -2.28. The number of hydrogen-bond acceptors (Lipinski definition) is 5. The molecule has 1 atom stereocenters. The van der Waals surface area contributed by atoms with Crippen LogP contribution in [0, 0.1) is 5.92 Å². The zero-order valence-corrected chi connectivity index (χ0v) is 13.6. The Hall–Kier alpha value is -1.89. The van der Waals surface area contributed by atoms with Crippen molar-refractivity contribution >= 4 is 17.7 Å². The van der Waals surface area contributed by atoms with E-state index in [-0.39, 0.29) is 11.8 Å². The van der Waals surface area contributed by atoms with Gasteiger partial charge in [-0.1, -0.05) is 11.8 Å². The van der Waals surface area contributed by atoms with E-state index in [0.717, 1.165) is 41.7 Å². The number of hydrogen-bond donors (Lipinski definition) is 0. The maximum Gasteiger partial charge on any atom is 0.226 e. The molecule has 0 N–H and O–H groups in total. The van der Waals surface area contributed by atoms with Gasteiger partial charge in [-0.15, -0.1) is 10.2 Å². The maximum atomic E-state index is 12.1. The molecule has 6 nitrogen and oxygen atoms in total. The number of amides is 1. The lowest BCUT2D eigenvalue weighted by Crippen LogP contribution is -2.39. The van der Waals surface area contributed by atoms with E-state index in [2.05, 4.69) is 15.2 Å². The third-order valence-corrected chi connectivity index (χ3v) is 5.12. The molecule has 0 saturated carbocycles. The Kier molecular flexibility index (Phi) is 4.42. The highest BCUT2D eigenvalue weighted by Gasteiger charge is 2.27. The van der Waals surface area contributed by atoms with E-state index in [4.69, 9.17) is 0 Å². The van der Waals surface area contributed by atoms with Gasteiger partial charge in [0.2, 0.25) is 5.91 Å². The first-order chi connectivity index (χ1) is 10.7. The summed E-state index contributed by atoms with van der Waals surface area (Å²) in [6, 6.07) is 3.85. The average molecular weight is 317 g/mol. The second-order valence-electron chi connectivity index (χ2n) is 5.52. The first-order valence-corrected chi connectivity index (χ1v) is 8.33. The number of likely N-dealkylation sites (tertiary alicyclic amines) is 1. The van der Waals surface area contributed by atoms with Crippen molar-refractivity contribution in [3.8, 4) is 11.4 Å². The SMILES string of the molecule is CN1CCCC(CSc2nnc(-c3cccnc3)n2C)C1=O. The van der Waals surface area contributed by atoms with Crippen molar-refractivity contribution in [3.05, 3.63) is 24.5 Å². The van der Waals surface area contributed by atoms with Crippen LogP contribution in [0.15, 0.2) is 29.7 Å². The summed E-state index contributed by atoms with van der Waals surface area (Å²) in [7, 11) is 3.82. The van der Waals surface area contributed by atoms with Gasteiger partial charge in [0.05, 0.1) is 0 Å². The van der Waals surface area contributed by atoms with Crippen LogP contribution in [0.1, 0.15) is 12.8 Å². The predicted octanol–water partition coefficient (Wildman–Crippen LogP) is 1.84. The lowest BCUT2D eigenvalue weighted by molar-refractivity contribution is -0.135. The fourth-order valence-electron chi connectivity index (χ4n) is 2.64. The van der Waals surface area contributed by atoms with Gasteiger partial charge in [-0.3, -0.25) is 9.78 Å². The van der Waals surface area contributed by atoms with E-state index in [0.29, 0.717) is 0 Å². The number of carbonyl (C=O) groups is 1. The molecule has 1 fully saturated rings. The number of thioether (sulfide) groups is 1. The predicted molar refractivity (Wildman–Crippen MR) is 85.3 cm³/mol. The minimum absolute atomic E-state index is 0.0855. The third-order valence-electron chi connectivity index (χ3n) is 3.94. The molecule has 7 heteroatoms. The van der Waals surface area contributed by atoms with Gasteiger partial charge in [-0.2, -0.15) is 0 Å². The van der Waals surface area contributed by atoms with Gasteiger partial charge in [-0.25, -0.2) is 0 Å². The van der Waals surface area contributed by atoms with Gasteiger partial charge in [0.25, 0.3) is 0 Å². The van der Waals surface area contributed by atoms with E-state index < -0.39 is 0 Å². The number of piperidine rings is 1. The fourth-order valence-corrected chi connectivity index (χ4v) is 3.68. The topological polar surface area (TPSA) is 63.9 Å². The highest BCUT2D eigenvalue weighted by molar-refractivity contribution is 7.99. The molecule has 1 aliphatic heterocycles. The minimum atomic E-state index is 0.0855. The van der Waals surface area contributed by atoms with Crippen molar-refractivity contribution in [2.75, 3.05) is 19.3 Å². The molecule has 0 aliphatic carbocycles. The van der Waals surface area contributed by atoms with Crippen molar-refractivity contribution in [2.45, 2.75) is 18.0 Å². The van der Waals surface area contributed by atoms with Gasteiger partial charge in [0, 0.05) is 50.3 Å². The van der Waals surface area contributed by atoms with Crippen molar-refractivity contribution in [1.82, 2.24) is 24.6 Å². The van der Waals surface area contributed by atoms with Crippen molar-refractivity contribution in [1.29, 1.82) is 0 Å². The number of carbonyl (C=O) groups excluding carboxylic acids is 1. The summed E-state index contributed by atoms with van der Waals surface area (Å²) in [4.78, 5) is 18.1. The van der Waals surface area contributed by atoms with Crippen LogP contribution < -0.4 is 0 Å². The number of aromatic nitrogens is 4. The molecular formula is C15H19N5OS. The summed E-state index contributed by atoms with van der Waals surface area (Å²) in [5, 5.41) is 9.32. The molecule has 0 spiro atoms. The largest absolute Gasteiger partial charge is 0.345 e. The van der Waals surface area contributed by atoms with Crippen molar-refractivity contribution in [2.24, 2.45) is 13.0 Å². The monoisotopic (exact) mass is 317 g/mol. The minimum Gasteiger partial charge on any atom is -0.345 e. The zero-order valence-electron chi connectivity index (χ0n) is 12.8.